The molecule has 2 heterocycles. The largest absolute Gasteiger partial charge is 0.255 e. The minimum absolute atomic E-state index is 1.09. The van der Waals surface area contributed by atoms with E-state index in [2.05, 4.69) is 76.2 Å². The SMILES string of the molecule is Cc1ccc(-c2sc3c(-c4cc(C)cc(C)c4)nccc3c2C)cc1. The lowest BCUT2D eigenvalue weighted by Crippen LogP contribution is -1.86. The Morgan fingerprint density at radius 1 is 0.720 bits per heavy atom. The second-order valence-electron chi connectivity index (χ2n) is 6.83. The molecule has 25 heavy (non-hydrogen) atoms. The molecule has 0 radical (unpaired) electrons. The first kappa shape index (κ1) is 16.0. The average Bonchev–Trinajstić information content (AvgIpc) is 2.92. The highest BCUT2D eigenvalue weighted by Gasteiger charge is 2.15. The van der Waals surface area contributed by atoms with Crippen molar-refractivity contribution in [2.24, 2.45) is 0 Å². The Morgan fingerprint density at radius 3 is 2.08 bits per heavy atom. The molecule has 124 valence electrons. The first-order valence-electron chi connectivity index (χ1n) is 8.57. The Labute approximate surface area is 153 Å². The van der Waals surface area contributed by atoms with Gasteiger partial charge in [0.2, 0.25) is 0 Å². The normalized spacial score (nSPS) is 11.2. The molecule has 0 fully saturated rings. The molecule has 2 aromatic heterocycles. The fourth-order valence-electron chi connectivity index (χ4n) is 3.45. The maximum absolute atomic E-state index is 4.73. The second-order valence-corrected chi connectivity index (χ2v) is 7.86. The van der Waals surface area contributed by atoms with Crippen LogP contribution >= 0.6 is 11.3 Å². The molecular formula is C23H21NS. The van der Waals surface area contributed by atoms with E-state index in [0.717, 1.165) is 5.69 Å². The topological polar surface area (TPSA) is 12.9 Å². The zero-order valence-electron chi connectivity index (χ0n) is 15.1. The molecule has 4 rings (SSSR count). The van der Waals surface area contributed by atoms with Gasteiger partial charge in [-0.15, -0.1) is 11.3 Å². The Balaban J connectivity index is 1.96. The van der Waals surface area contributed by atoms with Crippen molar-refractivity contribution in [3.8, 4) is 21.7 Å². The van der Waals surface area contributed by atoms with Crippen LogP contribution in [-0.2, 0) is 0 Å². The third-order valence-electron chi connectivity index (χ3n) is 4.66. The molecule has 4 aromatic rings. The molecule has 0 N–H and O–H groups in total. The number of hydrogen-bond donors (Lipinski definition) is 0. The minimum atomic E-state index is 1.09. The molecule has 2 aromatic carbocycles. The van der Waals surface area contributed by atoms with Crippen molar-refractivity contribution in [1.29, 1.82) is 0 Å². The van der Waals surface area contributed by atoms with Crippen LogP contribution in [-0.4, -0.2) is 4.98 Å². The molecule has 0 atom stereocenters. The van der Waals surface area contributed by atoms with Crippen molar-refractivity contribution in [3.05, 3.63) is 77.0 Å². The summed E-state index contributed by atoms with van der Waals surface area (Å²) in [6, 6.07) is 17.6. The fourth-order valence-corrected chi connectivity index (χ4v) is 4.76. The van der Waals surface area contributed by atoms with E-state index >= 15 is 0 Å². The Hall–Kier alpha value is -2.45. The Morgan fingerprint density at radius 2 is 1.40 bits per heavy atom. The number of hydrogen-bond acceptors (Lipinski definition) is 2. The zero-order valence-corrected chi connectivity index (χ0v) is 15.9. The van der Waals surface area contributed by atoms with Gasteiger partial charge in [-0.3, -0.25) is 4.98 Å². The van der Waals surface area contributed by atoms with Gasteiger partial charge in [-0.05, 0) is 62.4 Å². The van der Waals surface area contributed by atoms with Crippen LogP contribution in [0, 0.1) is 27.7 Å². The summed E-state index contributed by atoms with van der Waals surface area (Å²) >= 11 is 1.85. The van der Waals surface area contributed by atoms with Crippen LogP contribution in [0.25, 0.3) is 31.8 Å². The van der Waals surface area contributed by atoms with Gasteiger partial charge in [0.05, 0.1) is 10.4 Å². The van der Waals surface area contributed by atoms with E-state index in [1.165, 1.54) is 48.3 Å². The van der Waals surface area contributed by atoms with E-state index in [4.69, 9.17) is 4.98 Å². The maximum atomic E-state index is 4.73. The summed E-state index contributed by atoms with van der Waals surface area (Å²) in [5.41, 5.74) is 8.78. The van der Waals surface area contributed by atoms with Gasteiger partial charge in [-0.1, -0.05) is 47.0 Å². The van der Waals surface area contributed by atoms with Crippen LogP contribution in [0.2, 0.25) is 0 Å². The highest BCUT2D eigenvalue weighted by Crippen LogP contribution is 2.41. The average molecular weight is 343 g/mol. The van der Waals surface area contributed by atoms with Gasteiger partial charge in [0.25, 0.3) is 0 Å². The van der Waals surface area contributed by atoms with E-state index in [1.807, 2.05) is 17.5 Å². The van der Waals surface area contributed by atoms with E-state index in [0.29, 0.717) is 0 Å². The lowest BCUT2D eigenvalue weighted by molar-refractivity contribution is 1.33. The van der Waals surface area contributed by atoms with Crippen LogP contribution in [0.15, 0.2) is 54.7 Å². The molecule has 0 aliphatic heterocycles. The number of pyridine rings is 1. The number of benzene rings is 2. The second kappa shape index (κ2) is 6.12. The first-order valence-corrected chi connectivity index (χ1v) is 9.38. The molecule has 0 spiro atoms. The van der Waals surface area contributed by atoms with Crippen LogP contribution in [0.3, 0.4) is 0 Å². The molecule has 0 aliphatic carbocycles. The van der Waals surface area contributed by atoms with Gasteiger partial charge >= 0.3 is 0 Å². The lowest BCUT2D eigenvalue weighted by Gasteiger charge is -2.05. The molecule has 0 saturated carbocycles. The van der Waals surface area contributed by atoms with Gasteiger partial charge in [0.15, 0.2) is 0 Å². The summed E-state index contributed by atoms with van der Waals surface area (Å²) in [5.74, 6) is 0. The monoisotopic (exact) mass is 343 g/mol. The summed E-state index contributed by atoms with van der Waals surface area (Å²) in [6.45, 7) is 8.64. The van der Waals surface area contributed by atoms with E-state index in [9.17, 15) is 0 Å². The summed E-state index contributed by atoms with van der Waals surface area (Å²) < 4.78 is 1.28. The van der Waals surface area contributed by atoms with Crippen molar-refractivity contribution in [2.45, 2.75) is 27.7 Å². The number of thiophene rings is 1. The quantitative estimate of drug-likeness (QED) is 0.387. The Bertz CT molecular complexity index is 1050. The lowest BCUT2D eigenvalue weighted by atomic mass is 10.0. The first-order chi connectivity index (χ1) is 12.0. The van der Waals surface area contributed by atoms with E-state index in [1.54, 1.807) is 0 Å². The fraction of sp³-hybridized carbons (Fsp3) is 0.174. The zero-order chi connectivity index (χ0) is 17.6. The van der Waals surface area contributed by atoms with Gasteiger partial charge in [0.1, 0.15) is 0 Å². The van der Waals surface area contributed by atoms with Crippen molar-refractivity contribution in [3.63, 3.8) is 0 Å². The highest BCUT2D eigenvalue weighted by atomic mass is 32.1. The molecule has 0 unspecified atom stereocenters. The maximum Gasteiger partial charge on any atom is 0.0880 e. The molecular weight excluding hydrogens is 322 g/mol. The van der Waals surface area contributed by atoms with Gasteiger partial charge in [0, 0.05) is 16.6 Å². The van der Waals surface area contributed by atoms with Crippen molar-refractivity contribution >= 4 is 21.4 Å². The predicted octanol–water partition coefficient (Wildman–Crippen LogP) is 6.86. The van der Waals surface area contributed by atoms with Gasteiger partial charge < -0.3 is 0 Å². The third-order valence-corrected chi connectivity index (χ3v) is 6.03. The summed E-state index contributed by atoms with van der Waals surface area (Å²) in [7, 11) is 0. The smallest absolute Gasteiger partial charge is 0.0880 e. The number of aryl methyl sites for hydroxylation is 4. The van der Waals surface area contributed by atoms with Crippen LogP contribution in [0.5, 0.6) is 0 Å². The predicted molar refractivity (Wildman–Crippen MR) is 109 cm³/mol. The summed E-state index contributed by atoms with van der Waals surface area (Å²) in [4.78, 5) is 6.07. The van der Waals surface area contributed by atoms with Crippen LogP contribution in [0.4, 0.5) is 0 Å². The summed E-state index contributed by atoms with van der Waals surface area (Å²) in [6.07, 6.45) is 1.94. The van der Waals surface area contributed by atoms with E-state index < -0.39 is 0 Å². The molecule has 0 amide bonds. The molecule has 0 bridgehead atoms. The van der Waals surface area contributed by atoms with Crippen molar-refractivity contribution in [1.82, 2.24) is 4.98 Å². The van der Waals surface area contributed by atoms with Crippen LogP contribution < -0.4 is 0 Å². The van der Waals surface area contributed by atoms with Crippen molar-refractivity contribution < 1.29 is 0 Å². The Kier molecular flexibility index (Phi) is 3.93. The molecule has 0 saturated heterocycles. The number of aromatic nitrogens is 1. The molecule has 1 nitrogen and oxygen atoms in total. The number of nitrogens with zero attached hydrogens (tertiary/aromatic N) is 1. The highest BCUT2D eigenvalue weighted by molar-refractivity contribution is 7.23. The molecule has 0 aliphatic rings. The van der Waals surface area contributed by atoms with Crippen LogP contribution in [0.1, 0.15) is 22.3 Å². The molecule has 2 heteroatoms. The third kappa shape index (κ3) is 2.87. The van der Waals surface area contributed by atoms with Crippen molar-refractivity contribution in [2.75, 3.05) is 0 Å². The van der Waals surface area contributed by atoms with E-state index in [-0.39, 0.29) is 0 Å². The van der Waals surface area contributed by atoms with Gasteiger partial charge in [-0.25, -0.2) is 0 Å². The number of rotatable bonds is 2. The standard InChI is InChI=1S/C23H21NS/c1-14-5-7-18(8-6-14)22-17(4)20-9-10-24-21(23(20)25-22)19-12-15(2)11-16(3)13-19/h5-13H,1-4H3. The number of fused-ring (bicyclic) bond motifs is 1. The summed E-state index contributed by atoms with van der Waals surface area (Å²) in [5, 5.41) is 1.31. The minimum Gasteiger partial charge on any atom is -0.255 e. The van der Waals surface area contributed by atoms with Gasteiger partial charge in [-0.2, -0.15) is 0 Å².